The third kappa shape index (κ3) is 5.54. The highest BCUT2D eigenvalue weighted by atomic mass is 32.2. The summed E-state index contributed by atoms with van der Waals surface area (Å²) in [6.07, 6.45) is 6.21. The first-order valence-corrected chi connectivity index (χ1v) is 15.3. The van der Waals surface area contributed by atoms with Crippen molar-refractivity contribution >= 4 is 25.7 Å². The maximum atomic E-state index is 13.6. The minimum absolute atomic E-state index is 0.0355. The SMILES string of the molecule is NCc1cccc(S(=O)(=O)[C@H]2CC(C3CCCCC3)CN(C(=O)N3CCS(=O)(=O)CC3)C2)c1. The lowest BCUT2D eigenvalue weighted by atomic mass is 9.76. The summed E-state index contributed by atoms with van der Waals surface area (Å²) >= 11 is 0. The first-order chi connectivity index (χ1) is 15.7. The minimum atomic E-state index is -3.65. The van der Waals surface area contributed by atoms with Crippen LogP contribution in [0.2, 0.25) is 0 Å². The van der Waals surface area contributed by atoms with E-state index in [-0.39, 0.29) is 54.5 Å². The van der Waals surface area contributed by atoms with Crippen molar-refractivity contribution in [3.05, 3.63) is 29.8 Å². The van der Waals surface area contributed by atoms with Crippen molar-refractivity contribution < 1.29 is 21.6 Å². The fourth-order valence-electron chi connectivity index (χ4n) is 5.56. The minimum Gasteiger partial charge on any atom is -0.326 e. The van der Waals surface area contributed by atoms with E-state index < -0.39 is 24.9 Å². The molecule has 1 aromatic rings. The van der Waals surface area contributed by atoms with Gasteiger partial charge in [-0.2, -0.15) is 0 Å². The summed E-state index contributed by atoms with van der Waals surface area (Å²) in [4.78, 5) is 16.9. The molecule has 0 spiro atoms. The van der Waals surface area contributed by atoms with Gasteiger partial charge in [-0.05, 0) is 36.0 Å². The molecule has 0 bridgehead atoms. The number of piperidine rings is 1. The molecule has 1 saturated carbocycles. The van der Waals surface area contributed by atoms with Crippen molar-refractivity contribution in [2.45, 2.75) is 55.2 Å². The number of hydrogen-bond acceptors (Lipinski definition) is 6. The zero-order valence-electron chi connectivity index (χ0n) is 19.1. The van der Waals surface area contributed by atoms with Gasteiger partial charge in [0.2, 0.25) is 0 Å². The van der Waals surface area contributed by atoms with Crippen LogP contribution in [0, 0.1) is 11.8 Å². The highest BCUT2D eigenvalue weighted by Gasteiger charge is 2.42. The maximum Gasteiger partial charge on any atom is 0.320 e. The molecule has 3 aliphatic rings. The fourth-order valence-corrected chi connectivity index (χ4v) is 8.61. The summed E-state index contributed by atoms with van der Waals surface area (Å²) in [6.45, 7) is 1.28. The lowest BCUT2D eigenvalue weighted by Gasteiger charge is -2.43. The summed E-state index contributed by atoms with van der Waals surface area (Å²) in [7, 11) is -6.75. The van der Waals surface area contributed by atoms with E-state index in [1.165, 1.54) is 6.42 Å². The van der Waals surface area contributed by atoms with Gasteiger partial charge in [0.1, 0.15) is 0 Å². The van der Waals surface area contributed by atoms with E-state index in [1.807, 2.05) is 6.07 Å². The van der Waals surface area contributed by atoms with Gasteiger partial charge in [-0.15, -0.1) is 0 Å². The van der Waals surface area contributed by atoms with E-state index in [0.29, 0.717) is 18.9 Å². The van der Waals surface area contributed by atoms with Crippen molar-refractivity contribution in [1.82, 2.24) is 9.80 Å². The van der Waals surface area contributed by atoms with Crippen LogP contribution in [0.25, 0.3) is 0 Å². The van der Waals surface area contributed by atoms with Crippen molar-refractivity contribution in [3.8, 4) is 0 Å². The Labute approximate surface area is 197 Å². The maximum absolute atomic E-state index is 13.6. The molecule has 0 aromatic heterocycles. The van der Waals surface area contributed by atoms with Gasteiger partial charge in [0.25, 0.3) is 0 Å². The molecule has 1 aromatic carbocycles. The highest BCUT2D eigenvalue weighted by molar-refractivity contribution is 7.92. The third-order valence-corrected chi connectivity index (χ3v) is 11.3. The van der Waals surface area contributed by atoms with E-state index in [2.05, 4.69) is 0 Å². The zero-order chi connectivity index (χ0) is 23.6. The average Bonchev–Trinajstić information content (AvgIpc) is 2.84. The Balaban J connectivity index is 1.58. The second kappa shape index (κ2) is 9.92. The summed E-state index contributed by atoms with van der Waals surface area (Å²) in [6, 6.07) is 6.54. The molecule has 2 aliphatic heterocycles. The number of likely N-dealkylation sites (tertiary alicyclic amines) is 1. The van der Waals surface area contributed by atoms with E-state index in [0.717, 1.165) is 31.2 Å². The van der Waals surface area contributed by atoms with Crippen LogP contribution in [-0.4, -0.2) is 75.6 Å². The molecule has 1 unspecified atom stereocenters. The quantitative estimate of drug-likeness (QED) is 0.680. The first-order valence-electron chi connectivity index (χ1n) is 12.0. The number of rotatable bonds is 4. The number of nitrogens with zero attached hydrogens (tertiary/aromatic N) is 2. The molecule has 33 heavy (non-hydrogen) atoms. The van der Waals surface area contributed by atoms with Crippen LogP contribution in [-0.2, 0) is 26.2 Å². The number of amides is 2. The second-order valence-corrected chi connectivity index (χ2v) is 14.3. The largest absolute Gasteiger partial charge is 0.326 e. The van der Waals surface area contributed by atoms with Gasteiger partial charge in [-0.1, -0.05) is 44.2 Å². The summed E-state index contributed by atoms with van der Waals surface area (Å²) in [5, 5.41) is -0.677. The Morgan fingerprint density at radius 3 is 2.36 bits per heavy atom. The van der Waals surface area contributed by atoms with Crippen LogP contribution < -0.4 is 5.73 Å². The van der Waals surface area contributed by atoms with Crippen molar-refractivity contribution in [2.24, 2.45) is 17.6 Å². The van der Waals surface area contributed by atoms with Gasteiger partial charge in [-0.3, -0.25) is 0 Å². The number of nitrogens with two attached hydrogens (primary N) is 1. The molecular formula is C23H35N3O5S2. The predicted molar refractivity (Wildman–Crippen MR) is 127 cm³/mol. The molecule has 2 N–H and O–H groups in total. The fraction of sp³-hybridized carbons (Fsp3) is 0.696. The monoisotopic (exact) mass is 497 g/mol. The van der Waals surface area contributed by atoms with Gasteiger partial charge >= 0.3 is 6.03 Å². The number of carbonyl (C=O) groups excluding carboxylic acids is 1. The van der Waals surface area contributed by atoms with Crippen molar-refractivity contribution in [3.63, 3.8) is 0 Å². The van der Waals surface area contributed by atoms with Crippen LogP contribution in [0.1, 0.15) is 44.1 Å². The molecule has 8 nitrogen and oxygen atoms in total. The van der Waals surface area contributed by atoms with E-state index in [1.54, 1.807) is 28.0 Å². The Hall–Kier alpha value is -1.65. The number of benzene rings is 1. The van der Waals surface area contributed by atoms with Crippen LogP contribution in [0.4, 0.5) is 4.79 Å². The van der Waals surface area contributed by atoms with Gasteiger partial charge in [0, 0.05) is 32.7 Å². The van der Waals surface area contributed by atoms with Gasteiger partial charge < -0.3 is 15.5 Å². The molecule has 2 saturated heterocycles. The molecular weight excluding hydrogens is 462 g/mol. The van der Waals surface area contributed by atoms with Gasteiger partial charge in [0.05, 0.1) is 21.7 Å². The Morgan fingerprint density at radius 1 is 1.00 bits per heavy atom. The molecule has 2 atom stereocenters. The topological polar surface area (TPSA) is 118 Å². The zero-order valence-corrected chi connectivity index (χ0v) is 20.7. The molecule has 2 heterocycles. The summed E-state index contributed by atoms with van der Waals surface area (Å²) in [5.41, 5.74) is 6.49. The Morgan fingerprint density at radius 2 is 1.70 bits per heavy atom. The molecule has 184 valence electrons. The normalized spacial score (nSPS) is 26.8. The van der Waals surface area contributed by atoms with Crippen LogP contribution in [0.15, 0.2) is 29.2 Å². The average molecular weight is 498 g/mol. The van der Waals surface area contributed by atoms with Crippen LogP contribution >= 0.6 is 0 Å². The molecule has 1 aliphatic carbocycles. The number of urea groups is 1. The van der Waals surface area contributed by atoms with Crippen molar-refractivity contribution in [1.29, 1.82) is 0 Å². The summed E-state index contributed by atoms with van der Waals surface area (Å²) < 4.78 is 50.9. The standard InChI is InChI=1S/C23H35N3O5S2/c24-15-18-5-4-8-21(13-18)33(30,31)22-14-20(19-6-2-1-3-7-19)16-26(17-22)23(27)25-9-11-32(28,29)12-10-25/h4-5,8,13,19-20,22H,1-3,6-7,9-12,14-17,24H2/t20?,22-/m0/s1. The smallest absolute Gasteiger partial charge is 0.320 e. The highest BCUT2D eigenvalue weighted by Crippen LogP contribution is 2.38. The number of hydrogen-bond donors (Lipinski definition) is 1. The first kappa shape index (κ1) is 24.5. The number of sulfone groups is 2. The van der Waals surface area contributed by atoms with Crippen LogP contribution in [0.3, 0.4) is 0 Å². The van der Waals surface area contributed by atoms with E-state index in [9.17, 15) is 21.6 Å². The molecule has 10 heteroatoms. The predicted octanol–water partition coefficient (Wildman–Crippen LogP) is 2.04. The Bertz CT molecular complexity index is 1050. The molecule has 4 rings (SSSR count). The number of carbonyl (C=O) groups is 1. The lowest BCUT2D eigenvalue weighted by Crippen LogP contribution is -2.56. The third-order valence-electron chi connectivity index (χ3n) is 7.55. The van der Waals surface area contributed by atoms with Crippen molar-refractivity contribution in [2.75, 3.05) is 37.7 Å². The van der Waals surface area contributed by atoms with Crippen LogP contribution in [0.5, 0.6) is 0 Å². The van der Waals surface area contributed by atoms with Gasteiger partial charge in [-0.25, -0.2) is 21.6 Å². The Kier molecular flexibility index (Phi) is 7.35. The van der Waals surface area contributed by atoms with E-state index >= 15 is 0 Å². The summed E-state index contributed by atoms with van der Waals surface area (Å²) in [5.74, 6) is 0.483. The lowest BCUT2D eigenvalue weighted by molar-refractivity contribution is 0.105. The molecule has 0 radical (unpaired) electrons. The van der Waals surface area contributed by atoms with Gasteiger partial charge in [0.15, 0.2) is 19.7 Å². The van der Waals surface area contributed by atoms with E-state index in [4.69, 9.17) is 5.73 Å². The molecule has 2 amide bonds. The second-order valence-electron chi connectivity index (χ2n) is 9.74. The molecule has 3 fully saturated rings.